The lowest BCUT2D eigenvalue weighted by Crippen LogP contribution is -1.99. The second-order valence-electron chi connectivity index (χ2n) is 7.37. The van der Waals surface area contributed by atoms with E-state index in [2.05, 4.69) is 62.5 Å². The fraction of sp³-hybridized carbons (Fsp3) is 0.0400. The number of hydrogen-bond donors (Lipinski definition) is 1. The first-order chi connectivity index (χ1) is 15.7. The Morgan fingerprint density at radius 2 is 1.75 bits per heavy atom. The number of pyridine rings is 1. The molecule has 156 valence electrons. The monoisotopic (exact) mass is 421 g/mol. The molecule has 0 aliphatic rings. The van der Waals surface area contributed by atoms with Gasteiger partial charge in [0, 0.05) is 41.5 Å². The van der Waals surface area contributed by atoms with Crippen molar-refractivity contribution >= 4 is 39.4 Å². The average molecular weight is 421 g/mol. The molecule has 7 nitrogen and oxygen atoms in total. The summed E-state index contributed by atoms with van der Waals surface area (Å²) in [4.78, 5) is 14.7. The summed E-state index contributed by atoms with van der Waals surface area (Å²) in [5, 5.41) is 18.9. The number of hydrazone groups is 1. The summed E-state index contributed by atoms with van der Waals surface area (Å²) in [6, 6.07) is 25.7. The van der Waals surface area contributed by atoms with Crippen LogP contribution in [0, 0.1) is 10.1 Å². The zero-order valence-electron chi connectivity index (χ0n) is 17.1. The van der Waals surface area contributed by atoms with Crippen LogP contribution >= 0.6 is 0 Å². The number of anilines is 1. The second-order valence-corrected chi connectivity index (χ2v) is 7.37. The lowest BCUT2D eigenvalue weighted by atomic mass is 10.0. The van der Waals surface area contributed by atoms with E-state index in [1.807, 2.05) is 30.5 Å². The minimum atomic E-state index is -0.485. The van der Waals surface area contributed by atoms with E-state index in [1.165, 1.54) is 34.7 Å². The van der Waals surface area contributed by atoms with Gasteiger partial charge in [-0.15, -0.1) is 0 Å². The molecule has 0 radical (unpaired) electrons. The normalized spacial score (nSPS) is 11.4. The third-order valence-corrected chi connectivity index (χ3v) is 5.40. The summed E-state index contributed by atoms with van der Waals surface area (Å²) in [6.45, 7) is 0.717. The Morgan fingerprint density at radius 3 is 2.62 bits per heavy atom. The number of nitro groups is 1. The zero-order chi connectivity index (χ0) is 21.9. The van der Waals surface area contributed by atoms with Gasteiger partial charge in [0.25, 0.3) is 0 Å². The van der Waals surface area contributed by atoms with Crippen LogP contribution in [0.2, 0.25) is 0 Å². The van der Waals surface area contributed by atoms with Gasteiger partial charge in [-0.05, 0) is 28.5 Å². The van der Waals surface area contributed by atoms with Gasteiger partial charge in [0.1, 0.15) is 0 Å². The number of rotatable bonds is 6. The Bertz CT molecular complexity index is 1470. The quantitative estimate of drug-likeness (QED) is 0.220. The van der Waals surface area contributed by atoms with Gasteiger partial charge < -0.3 is 4.57 Å². The van der Waals surface area contributed by atoms with Crippen molar-refractivity contribution < 1.29 is 4.92 Å². The predicted molar refractivity (Wildman–Crippen MR) is 127 cm³/mol. The van der Waals surface area contributed by atoms with Crippen molar-refractivity contribution in [2.24, 2.45) is 5.10 Å². The van der Waals surface area contributed by atoms with Crippen LogP contribution in [0.3, 0.4) is 0 Å². The van der Waals surface area contributed by atoms with Gasteiger partial charge >= 0.3 is 5.69 Å². The summed E-state index contributed by atoms with van der Waals surface area (Å²) >= 11 is 0. The summed E-state index contributed by atoms with van der Waals surface area (Å²) in [6.07, 6.45) is 5.20. The maximum Gasteiger partial charge on any atom is 0.313 e. The first-order valence-electron chi connectivity index (χ1n) is 10.1. The fourth-order valence-electron chi connectivity index (χ4n) is 3.92. The van der Waals surface area contributed by atoms with E-state index in [9.17, 15) is 10.1 Å². The third kappa shape index (κ3) is 3.67. The maximum absolute atomic E-state index is 11.2. The van der Waals surface area contributed by atoms with E-state index in [0.29, 0.717) is 0 Å². The molecule has 0 unspecified atom stereocenters. The van der Waals surface area contributed by atoms with E-state index < -0.39 is 4.92 Å². The van der Waals surface area contributed by atoms with Crippen molar-refractivity contribution in [3.05, 3.63) is 112 Å². The third-order valence-electron chi connectivity index (χ3n) is 5.40. The van der Waals surface area contributed by atoms with Crippen LogP contribution < -0.4 is 5.43 Å². The number of benzene rings is 3. The van der Waals surface area contributed by atoms with Crippen LogP contribution in [0.5, 0.6) is 0 Å². The van der Waals surface area contributed by atoms with Gasteiger partial charge in [-0.2, -0.15) is 5.10 Å². The largest absolute Gasteiger partial charge is 0.342 e. The zero-order valence-corrected chi connectivity index (χ0v) is 17.1. The predicted octanol–water partition coefficient (Wildman–Crippen LogP) is 5.59. The molecule has 0 spiro atoms. The van der Waals surface area contributed by atoms with Crippen molar-refractivity contribution in [3.8, 4) is 0 Å². The molecule has 0 aliphatic carbocycles. The van der Waals surface area contributed by atoms with Crippen LogP contribution in [0.25, 0.3) is 21.7 Å². The number of aromatic nitrogens is 2. The molecule has 2 aromatic heterocycles. The van der Waals surface area contributed by atoms with Crippen LogP contribution in [-0.2, 0) is 6.54 Å². The molecule has 0 aliphatic heterocycles. The van der Waals surface area contributed by atoms with Gasteiger partial charge in [0.15, 0.2) is 0 Å². The number of nitrogens with zero attached hydrogens (tertiary/aromatic N) is 4. The molecule has 3 aromatic carbocycles. The molecular formula is C25H19N5O2. The number of hydrogen-bond acceptors (Lipinski definition) is 5. The maximum atomic E-state index is 11.2. The van der Waals surface area contributed by atoms with Crippen molar-refractivity contribution in [1.82, 2.24) is 9.55 Å². The summed E-state index contributed by atoms with van der Waals surface area (Å²) < 4.78 is 2.20. The summed E-state index contributed by atoms with van der Waals surface area (Å²) in [7, 11) is 0. The summed E-state index contributed by atoms with van der Waals surface area (Å²) in [5.74, 6) is 0.105. The van der Waals surface area contributed by atoms with Gasteiger partial charge in [0.05, 0.1) is 11.1 Å². The van der Waals surface area contributed by atoms with E-state index in [0.717, 1.165) is 23.0 Å². The lowest BCUT2D eigenvalue weighted by molar-refractivity contribution is -0.384. The fourth-order valence-corrected chi connectivity index (χ4v) is 3.92. The Balaban J connectivity index is 1.48. The van der Waals surface area contributed by atoms with Gasteiger partial charge in [-0.25, -0.2) is 4.98 Å². The average Bonchev–Trinajstić information content (AvgIpc) is 3.17. The van der Waals surface area contributed by atoms with Crippen LogP contribution in [0.4, 0.5) is 11.5 Å². The van der Waals surface area contributed by atoms with E-state index in [-0.39, 0.29) is 11.5 Å². The van der Waals surface area contributed by atoms with E-state index in [1.54, 1.807) is 6.21 Å². The van der Waals surface area contributed by atoms with Crippen molar-refractivity contribution in [2.45, 2.75) is 6.54 Å². The minimum Gasteiger partial charge on any atom is -0.342 e. The molecule has 5 aromatic rings. The van der Waals surface area contributed by atoms with Crippen molar-refractivity contribution in [3.63, 3.8) is 0 Å². The molecule has 2 heterocycles. The first kappa shape index (κ1) is 19.4. The van der Waals surface area contributed by atoms with Gasteiger partial charge in [-0.3, -0.25) is 15.5 Å². The van der Waals surface area contributed by atoms with Crippen LogP contribution in [0.1, 0.15) is 11.1 Å². The molecule has 0 saturated carbocycles. The Labute approximate surface area is 183 Å². The molecule has 0 fully saturated rings. The van der Waals surface area contributed by atoms with Crippen molar-refractivity contribution in [2.75, 3.05) is 5.43 Å². The number of fused-ring (bicyclic) bond motifs is 2. The van der Waals surface area contributed by atoms with Crippen LogP contribution in [0.15, 0.2) is 96.4 Å². The van der Waals surface area contributed by atoms with Crippen LogP contribution in [-0.4, -0.2) is 20.7 Å². The molecule has 0 saturated heterocycles. The molecular weight excluding hydrogens is 402 g/mol. The first-order valence-corrected chi connectivity index (χ1v) is 10.1. The number of nitrogens with one attached hydrogen (secondary N) is 1. The lowest BCUT2D eigenvalue weighted by Gasteiger charge is -2.09. The molecule has 7 heteroatoms. The Morgan fingerprint density at radius 1 is 0.969 bits per heavy atom. The highest BCUT2D eigenvalue weighted by Crippen LogP contribution is 2.25. The highest BCUT2D eigenvalue weighted by molar-refractivity contribution is 5.99. The summed E-state index contributed by atoms with van der Waals surface area (Å²) in [5.41, 5.74) is 5.81. The van der Waals surface area contributed by atoms with E-state index in [4.69, 9.17) is 0 Å². The second kappa shape index (κ2) is 8.31. The van der Waals surface area contributed by atoms with Crippen molar-refractivity contribution in [1.29, 1.82) is 0 Å². The molecule has 0 bridgehead atoms. The molecule has 32 heavy (non-hydrogen) atoms. The Hall–Kier alpha value is -4.52. The minimum absolute atomic E-state index is 0.105. The van der Waals surface area contributed by atoms with E-state index >= 15 is 0 Å². The highest BCUT2D eigenvalue weighted by atomic mass is 16.6. The van der Waals surface area contributed by atoms with Gasteiger partial charge in [-0.1, -0.05) is 60.7 Å². The highest BCUT2D eigenvalue weighted by Gasteiger charge is 2.13. The van der Waals surface area contributed by atoms with Gasteiger partial charge in [0.2, 0.25) is 5.82 Å². The standard InChI is InChI=1S/C25H19N5O2/c31-30(32)24-13-6-14-26-25(24)28-27-15-20-17-29(23-12-4-3-11-22(20)23)16-19-9-5-8-18-7-1-2-10-21(18)19/h1-15,17H,16H2,(H,26,28)/b27-15-. The molecule has 0 amide bonds. The topological polar surface area (TPSA) is 85.3 Å². The Kier molecular flexibility index (Phi) is 5.05. The smallest absolute Gasteiger partial charge is 0.313 e. The molecule has 5 rings (SSSR count). The SMILES string of the molecule is O=[N+]([O-])c1cccnc1N/N=C\c1cn(Cc2cccc3ccccc23)c2ccccc12. The molecule has 0 atom stereocenters. The molecule has 1 N–H and O–H groups in total. The number of para-hydroxylation sites is 1.